The molecule has 3 heteroatoms. The van der Waals surface area contributed by atoms with Crippen molar-refractivity contribution in [2.24, 2.45) is 0 Å². The molecule has 0 aliphatic rings. The molecule has 1 atom stereocenters. The van der Waals surface area contributed by atoms with E-state index in [0.717, 1.165) is 11.0 Å². The van der Waals surface area contributed by atoms with E-state index in [0.29, 0.717) is 6.61 Å². The molecule has 0 spiro atoms. The van der Waals surface area contributed by atoms with Crippen LogP contribution in [-0.2, 0) is 4.74 Å². The molecule has 0 N–H and O–H groups in total. The molecule has 2 rings (SSSR count). The highest BCUT2D eigenvalue weighted by Crippen LogP contribution is 2.27. The SMILES string of the molecule is Cc1ccc([C@H](OCCN(C)C)c2ccc(Br)cc2)cc1. The number of aryl methyl sites for hydroxylation is 1. The van der Waals surface area contributed by atoms with Gasteiger partial charge in [0.05, 0.1) is 6.61 Å². The number of ether oxygens (including phenoxy) is 1. The lowest BCUT2D eigenvalue weighted by molar-refractivity contribution is 0.0687. The summed E-state index contributed by atoms with van der Waals surface area (Å²) in [6, 6.07) is 16.9. The number of hydrogen-bond acceptors (Lipinski definition) is 2. The zero-order valence-electron chi connectivity index (χ0n) is 12.8. The Morgan fingerprint density at radius 1 is 0.952 bits per heavy atom. The van der Waals surface area contributed by atoms with Crippen LogP contribution >= 0.6 is 15.9 Å². The fourth-order valence-corrected chi connectivity index (χ4v) is 2.38. The van der Waals surface area contributed by atoms with Crippen LogP contribution in [0.2, 0.25) is 0 Å². The third-order valence-corrected chi connectivity index (χ3v) is 3.90. The van der Waals surface area contributed by atoms with Crippen molar-refractivity contribution in [3.63, 3.8) is 0 Å². The minimum atomic E-state index is -0.0151. The molecule has 0 saturated carbocycles. The molecule has 0 radical (unpaired) electrons. The Morgan fingerprint density at radius 3 is 2.00 bits per heavy atom. The first-order valence-electron chi connectivity index (χ1n) is 7.14. The largest absolute Gasteiger partial charge is 0.367 e. The van der Waals surface area contributed by atoms with Gasteiger partial charge < -0.3 is 9.64 Å². The fraction of sp³-hybridized carbons (Fsp3) is 0.333. The third kappa shape index (κ3) is 4.95. The topological polar surface area (TPSA) is 12.5 Å². The van der Waals surface area contributed by atoms with Gasteiger partial charge in [0.25, 0.3) is 0 Å². The van der Waals surface area contributed by atoms with E-state index in [1.807, 2.05) is 0 Å². The summed E-state index contributed by atoms with van der Waals surface area (Å²) in [6.45, 7) is 3.73. The Balaban J connectivity index is 2.21. The molecule has 0 aliphatic heterocycles. The zero-order valence-corrected chi connectivity index (χ0v) is 14.4. The van der Waals surface area contributed by atoms with E-state index in [4.69, 9.17) is 4.74 Å². The van der Waals surface area contributed by atoms with E-state index in [1.165, 1.54) is 16.7 Å². The van der Waals surface area contributed by atoms with Crippen molar-refractivity contribution in [1.82, 2.24) is 4.90 Å². The van der Waals surface area contributed by atoms with Crippen LogP contribution in [-0.4, -0.2) is 32.1 Å². The lowest BCUT2D eigenvalue weighted by Gasteiger charge is -2.20. The van der Waals surface area contributed by atoms with Gasteiger partial charge in [0.2, 0.25) is 0 Å². The van der Waals surface area contributed by atoms with Gasteiger partial charge in [-0.1, -0.05) is 57.9 Å². The van der Waals surface area contributed by atoms with Crippen LogP contribution in [0.15, 0.2) is 53.0 Å². The van der Waals surface area contributed by atoms with Crippen LogP contribution in [0.3, 0.4) is 0 Å². The second-order valence-electron chi connectivity index (χ2n) is 5.52. The molecule has 0 amide bonds. The number of hydrogen-bond donors (Lipinski definition) is 0. The maximum atomic E-state index is 6.15. The summed E-state index contributed by atoms with van der Waals surface area (Å²) in [6.07, 6.45) is -0.0151. The number of nitrogens with zero attached hydrogens (tertiary/aromatic N) is 1. The molecule has 0 aromatic heterocycles. The Kier molecular flexibility index (Phi) is 5.97. The van der Waals surface area contributed by atoms with Crippen molar-refractivity contribution in [2.75, 3.05) is 27.2 Å². The van der Waals surface area contributed by atoms with Gasteiger partial charge in [0, 0.05) is 11.0 Å². The highest BCUT2D eigenvalue weighted by atomic mass is 79.9. The third-order valence-electron chi connectivity index (χ3n) is 3.38. The predicted molar refractivity (Wildman–Crippen MR) is 91.7 cm³/mol. The predicted octanol–water partition coefficient (Wildman–Crippen LogP) is 4.43. The second-order valence-corrected chi connectivity index (χ2v) is 6.43. The lowest BCUT2D eigenvalue weighted by Crippen LogP contribution is -2.20. The summed E-state index contributed by atoms with van der Waals surface area (Å²) >= 11 is 3.48. The summed E-state index contributed by atoms with van der Waals surface area (Å²) < 4.78 is 7.23. The van der Waals surface area contributed by atoms with Crippen molar-refractivity contribution in [3.8, 4) is 0 Å². The van der Waals surface area contributed by atoms with Crippen molar-refractivity contribution in [3.05, 3.63) is 69.7 Å². The van der Waals surface area contributed by atoms with Crippen LogP contribution in [0.4, 0.5) is 0 Å². The average molecular weight is 348 g/mol. The Hall–Kier alpha value is -1.16. The number of likely N-dealkylation sites (N-methyl/N-ethyl adjacent to an activating group) is 1. The molecule has 0 heterocycles. The summed E-state index contributed by atoms with van der Waals surface area (Å²) in [7, 11) is 4.12. The van der Waals surface area contributed by atoms with Gasteiger partial charge in [-0.15, -0.1) is 0 Å². The van der Waals surface area contributed by atoms with Crippen molar-refractivity contribution < 1.29 is 4.74 Å². The Morgan fingerprint density at radius 2 is 1.48 bits per heavy atom. The first kappa shape index (κ1) is 16.2. The van der Waals surface area contributed by atoms with Gasteiger partial charge in [0.15, 0.2) is 0 Å². The molecule has 0 unspecified atom stereocenters. The minimum absolute atomic E-state index is 0.0151. The average Bonchev–Trinajstić information content (AvgIpc) is 2.46. The Bertz CT molecular complexity index is 503. The van der Waals surface area contributed by atoms with Gasteiger partial charge in [-0.25, -0.2) is 0 Å². The quantitative estimate of drug-likeness (QED) is 0.766. The smallest absolute Gasteiger partial charge is 0.108 e. The molecule has 112 valence electrons. The molecule has 0 fully saturated rings. The summed E-state index contributed by atoms with van der Waals surface area (Å²) in [4.78, 5) is 2.13. The van der Waals surface area contributed by atoms with Crippen molar-refractivity contribution >= 4 is 15.9 Å². The molecule has 21 heavy (non-hydrogen) atoms. The molecule has 0 aliphatic carbocycles. The van der Waals surface area contributed by atoms with Crippen LogP contribution in [0.1, 0.15) is 22.8 Å². The van der Waals surface area contributed by atoms with Crippen molar-refractivity contribution in [2.45, 2.75) is 13.0 Å². The van der Waals surface area contributed by atoms with E-state index in [-0.39, 0.29) is 6.10 Å². The molecule has 0 saturated heterocycles. The molecule has 0 bridgehead atoms. The summed E-state index contributed by atoms with van der Waals surface area (Å²) in [5, 5.41) is 0. The normalized spacial score (nSPS) is 12.6. The van der Waals surface area contributed by atoms with Gasteiger partial charge in [-0.05, 0) is 44.3 Å². The van der Waals surface area contributed by atoms with Gasteiger partial charge >= 0.3 is 0 Å². The Labute approximate surface area is 135 Å². The van der Waals surface area contributed by atoms with E-state index in [9.17, 15) is 0 Å². The van der Waals surface area contributed by atoms with Crippen LogP contribution in [0.5, 0.6) is 0 Å². The van der Waals surface area contributed by atoms with Gasteiger partial charge in [0.1, 0.15) is 6.10 Å². The van der Waals surface area contributed by atoms with E-state index in [1.54, 1.807) is 0 Å². The van der Waals surface area contributed by atoms with Gasteiger partial charge in [-0.3, -0.25) is 0 Å². The maximum absolute atomic E-state index is 6.15. The van der Waals surface area contributed by atoms with Crippen LogP contribution in [0.25, 0.3) is 0 Å². The highest BCUT2D eigenvalue weighted by Gasteiger charge is 2.14. The highest BCUT2D eigenvalue weighted by molar-refractivity contribution is 9.10. The fourth-order valence-electron chi connectivity index (χ4n) is 2.12. The second kappa shape index (κ2) is 7.74. The molecule has 2 aromatic carbocycles. The minimum Gasteiger partial charge on any atom is -0.367 e. The van der Waals surface area contributed by atoms with Crippen LogP contribution in [0, 0.1) is 6.92 Å². The summed E-state index contributed by atoms with van der Waals surface area (Å²) in [5.41, 5.74) is 3.64. The van der Waals surface area contributed by atoms with Gasteiger partial charge in [-0.2, -0.15) is 0 Å². The van der Waals surface area contributed by atoms with Crippen LogP contribution < -0.4 is 0 Å². The zero-order chi connectivity index (χ0) is 15.2. The standard InChI is InChI=1S/C18H22BrNO/c1-14-4-6-15(7-5-14)18(21-13-12-20(2)3)16-8-10-17(19)11-9-16/h4-11,18H,12-13H2,1-3H3/t18-/m0/s1. The van der Waals surface area contributed by atoms with E-state index >= 15 is 0 Å². The molecule has 2 aromatic rings. The van der Waals surface area contributed by atoms with Crippen molar-refractivity contribution in [1.29, 1.82) is 0 Å². The van der Waals surface area contributed by atoms with E-state index < -0.39 is 0 Å². The number of rotatable bonds is 6. The van der Waals surface area contributed by atoms with E-state index in [2.05, 4.69) is 90.4 Å². The maximum Gasteiger partial charge on any atom is 0.108 e. The first-order chi connectivity index (χ1) is 10.1. The number of halogens is 1. The summed E-state index contributed by atoms with van der Waals surface area (Å²) in [5.74, 6) is 0. The first-order valence-corrected chi connectivity index (χ1v) is 7.94. The molecule has 2 nitrogen and oxygen atoms in total. The molecular weight excluding hydrogens is 326 g/mol. The lowest BCUT2D eigenvalue weighted by atomic mass is 10.0. The molecular formula is C18H22BrNO. The monoisotopic (exact) mass is 347 g/mol. The number of benzene rings is 2.